The topological polar surface area (TPSA) is 29.1 Å². The van der Waals surface area contributed by atoms with Gasteiger partial charge in [-0.25, -0.2) is 0 Å². The molecule has 2 rings (SSSR count). The number of nitrogens with one attached hydrogen (secondary N) is 1. The van der Waals surface area contributed by atoms with E-state index in [-0.39, 0.29) is 11.8 Å². The highest BCUT2D eigenvalue weighted by molar-refractivity contribution is 6.00. The first-order chi connectivity index (χ1) is 9.13. The van der Waals surface area contributed by atoms with Gasteiger partial charge in [-0.3, -0.25) is 4.79 Å². The molecule has 0 radical (unpaired) electrons. The van der Waals surface area contributed by atoms with Crippen molar-refractivity contribution in [1.29, 1.82) is 0 Å². The Balaban J connectivity index is 2.22. The van der Waals surface area contributed by atoms with Crippen LogP contribution >= 0.6 is 0 Å². The monoisotopic (exact) mass is 259 g/mol. The zero-order chi connectivity index (χ0) is 13.8. The van der Waals surface area contributed by atoms with Gasteiger partial charge in [-0.1, -0.05) is 32.9 Å². The van der Waals surface area contributed by atoms with E-state index in [4.69, 9.17) is 0 Å². The summed E-state index contributed by atoms with van der Waals surface area (Å²) in [7, 11) is 0. The molecule has 0 saturated carbocycles. The summed E-state index contributed by atoms with van der Waals surface area (Å²) in [6, 6.07) is 6.24. The lowest BCUT2D eigenvalue weighted by molar-refractivity contribution is 0.0918. The molecule has 1 aliphatic carbocycles. The number of aryl methyl sites for hydroxylation is 2. The van der Waals surface area contributed by atoms with E-state index in [0.717, 1.165) is 18.5 Å². The number of likely N-dealkylation sites (N-methyl/N-ethyl adjacent to an activating group) is 1. The minimum Gasteiger partial charge on any atom is -0.307 e. The van der Waals surface area contributed by atoms with Crippen molar-refractivity contribution in [2.24, 2.45) is 5.92 Å². The van der Waals surface area contributed by atoms with Crippen LogP contribution < -0.4 is 5.32 Å². The van der Waals surface area contributed by atoms with Crippen LogP contribution in [-0.2, 0) is 12.8 Å². The minimum atomic E-state index is -0.0633. The molecule has 0 fully saturated rings. The highest BCUT2D eigenvalue weighted by atomic mass is 16.1. The molecule has 1 aromatic rings. The Kier molecular flexibility index (Phi) is 4.76. The van der Waals surface area contributed by atoms with Crippen molar-refractivity contribution in [3.05, 3.63) is 34.9 Å². The molecule has 104 valence electrons. The predicted molar refractivity (Wildman–Crippen MR) is 79.7 cm³/mol. The molecular weight excluding hydrogens is 234 g/mol. The summed E-state index contributed by atoms with van der Waals surface area (Å²) in [5, 5.41) is 3.31. The number of hydrogen-bond donors (Lipinski definition) is 1. The Bertz CT molecular complexity index is 451. The second-order valence-electron chi connectivity index (χ2n) is 5.83. The predicted octanol–water partition coefficient (Wildman–Crippen LogP) is 3.38. The fourth-order valence-corrected chi connectivity index (χ4v) is 2.92. The van der Waals surface area contributed by atoms with E-state index in [1.165, 1.54) is 30.4 Å². The second-order valence-corrected chi connectivity index (χ2v) is 5.83. The van der Waals surface area contributed by atoms with E-state index < -0.39 is 0 Å². The average Bonchev–Trinajstić information content (AvgIpc) is 2.43. The van der Waals surface area contributed by atoms with Crippen LogP contribution in [-0.4, -0.2) is 18.4 Å². The lowest BCUT2D eigenvalue weighted by atomic mass is 9.87. The number of carbonyl (C=O) groups is 1. The van der Waals surface area contributed by atoms with Crippen molar-refractivity contribution in [2.45, 2.75) is 52.5 Å². The second kappa shape index (κ2) is 6.33. The molecule has 0 aliphatic heterocycles. The van der Waals surface area contributed by atoms with Crippen LogP contribution in [0.1, 0.15) is 55.1 Å². The summed E-state index contributed by atoms with van der Waals surface area (Å²) < 4.78 is 0. The fraction of sp³-hybridized carbons (Fsp3) is 0.588. The lowest BCUT2D eigenvalue weighted by Gasteiger charge is -2.22. The van der Waals surface area contributed by atoms with Crippen LogP contribution in [0.15, 0.2) is 18.2 Å². The smallest absolute Gasteiger partial charge is 0.179 e. The van der Waals surface area contributed by atoms with Gasteiger partial charge in [0.15, 0.2) is 5.78 Å². The quantitative estimate of drug-likeness (QED) is 0.821. The number of ketones is 1. The molecule has 0 saturated heterocycles. The number of hydrogen-bond acceptors (Lipinski definition) is 2. The fourth-order valence-electron chi connectivity index (χ4n) is 2.92. The van der Waals surface area contributed by atoms with Crippen LogP contribution in [0.3, 0.4) is 0 Å². The number of carbonyl (C=O) groups excluding carboxylic acids is 1. The molecule has 1 aliphatic rings. The van der Waals surface area contributed by atoms with Gasteiger partial charge in [-0.05, 0) is 55.3 Å². The first kappa shape index (κ1) is 14.3. The summed E-state index contributed by atoms with van der Waals surface area (Å²) in [5.41, 5.74) is 3.70. The summed E-state index contributed by atoms with van der Waals surface area (Å²) >= 11 is 0. The summed E-state index contributed by atoms with van der Waals surface area (Å²) in [5.74, 6) is 0.564. The first-order valence-electron chi connectivity index (χ1n) is 7.53. The van der Waals surface area contributed by atoms with E-state index in [1.54, 1.807) is 0 Å². The van der Waals surface area contributed by atoms with Crippen LogP contribution in [0.4, 0.5) is 0 Å². The third-order valence-corrected chi connectivity index (χ3v) is 4.01. The van der Waals surface area contributed by atoms with Crippen molar-refractivity contribution < 1.29 is 4.79 Å². The maximum atomic E-state index is 12.6. The maximum absolute atomic E-state index is 12.6. The van der Waals surface area contributed by atoms with Gasteiger partial charge < -0.3 is 5.32 Å². The summed E-state index contributed by atoms with van der Waals surface area (Å²) in [4.78, 5) is 12.6. The molecule has 19 heavy (non-hydrogen) atoms. The highest BCUT2D eigenvalue weighted by Gasteiger charge is 2.23. The molecule has 1 atom stereocenters. The zero-order valence-corrected chi connectivity index (χ0v) is 12.3. The van der Waals surface area contributed by atoms with Crippen LogP contribution in [0.5, 0.6) is 0 Å². The molecular formula is C17H25NO. The highest BCUT2D eigenvalue weighted by Crippen LogP contribution is 2.23. The Labute approximate surface area is 116 Å². The number of fused-ring (bicyclic) bond motifs is 1. The van der Waals surface area contributed by atoms with Gasteiger partial charge in [0.05, 0.1) is 6.04 Å². The van der Waals surface area contributed by atoms with Gasteiger partial charge in [0.2, 0.25) is 0 Å². The van der Waals surface area contributed by atoms with E-state index in [0.29, 0.717) is 5.92 Å². The molecule has 2 nitrogen and oxygen atoms in total. The minimum absolute atomic E-state index is 0.0633. The van der Waals surface area contributed by atoms with Gasteiger partial charge in [0, 0.05) is 5.56 Å². The molecule has 0 amide bonds. The third kappa shape index (κ3) is 3.24. The van der Waals surface area contributed by atoms with Crippen LogP contribution in [0, 0.1) is 5.92 Å². The van der Waals surface area contributed by atoms with E-state index in [9.17, 15) is 4.79 Å². The molecule has 1 aromatic carbocycles. The van der Waals surface area contributed by atoms with Crippen molar-refractivity contribution in [2.75, 3.05) is 6.54 Å². The van der Waals surface area contributed by atoms with E-state index >= 15 is 0 Å². The Morgan fingerprint density at radius 1 is 1.21 bits per heavy atom. The van der Waals surface area contributed by atoms with Crippen molar-refractivity contribution >= 4 is 5.78 Å². The Morgan fingerprint density at radius 2 is 1.89 bits per heavy atom. The van der Waals surface area contributed by atoms with Gasteiger partial charge in [0.1, 0.15) is 0 Å². The van der Waals surface area contributed by atoms with Crippen LogP contribution in [0.2, 0.25) is 0 Å². The van der Waals surface area contributed by atoms with Crippen molar-refractivity contribution in [1.82, 2.24) is 5.32 Å². The maximum Gasteiger partial charge on any atom is 0.179 e. The van der Waals surface area contributed by atoms with Gasteiger partial charge in [-0.15, -0.1) is 0 Å². The van der Waals surface area contributed by atoms with Crippen LogP contribution in [0.25, 0.3) is 0 Å². The Hall–Kier alpha value is -1.15. The van der Waals surface area contributed by atoms with Crippen molar-refractivity contribution in [3.63, 3.8) is 0 Å². The van der Waals surface area contributed by atoms with E-state index in [2.05, 4.69) is 38.2 Å². The normalized spacial score (nSPS) is 16.2. The molecule has 0 heterocycles. The van der Waals surface area contributed by atoms with Gasteiger partial charge in [0.25, 0.3) is 0 Å². The average molecular weight is 259 g/mol. The third-order valence-electron chi connectivity index (χ3n) is 4.01. The van der Waals surface area contributed by atoms with Crippen molar-refractivity contribution in [3.8, 4) is 0 Å². The number of rotatable bonds is 5. The lowest BCUT2D eigenvalue weighted by Crippen LogP contribution is -2.40. The Morgan fingerprint density at radius 3 is 2.53 bits per heavy atom. The molecule has 1 N–H and O–H groups in total. The summed E-state index contributed by atoms with van der Waals surface area (Å²) in [6.45, 7) is 7.09. The summed E-state index contributed by atoms with van der Waals surface area (Å²) in [6.07, 6.45) is 4.84. The first-order valence-corrected chi connectivity index (χ1v) is 7.53. The SMILES string of the molecule is CCNC(C(=O)c1ccc2c(c1)CCCC2)C(C)C. The number of benzene rings is 1. The molecule has 0 spiro atoms. The molecule has 0 aromatic heterocycles. The van der Waals surface area contributed by atoms with Gasteiger partial charge >= 0.3 is 0 Å². The number of Topliss-reactive ketones (excluding diaryl/α,β-unsaturated/α-hetero) is 1. The molecule has 2 heteroatoms. The van der Waals surface area contributed by atoms with Gasteiger partial charge in [-0.2, -0.15) is 0 Å². The van der Waals surface area contributed by atoms with E-state index in [1.807, 2.05) is 6.07 Å². The standard InChI is InChI=1S/C17H25NO/c1-4-18-16(12(2)3)17(19)15-10-9-13-7-5-6-8-14(13)11-15/h9-12,16,18H,4-8H2,1-3H3. The largest absolute Gasteiger partial charge is 0.307 e. The molecule has 1 unspecified atom stereocenters. The molecule has 0 bridgehead atoms. The zero-order valence-electron chi connectivity index (χ0n) is 12.3.